The number of carbonyl (C=O) groups excluding carboxylic acids is 3. The van der Waals surface area contributed by atoms with Crippen LogP contribution in [0.4, 0.5) is 18.3 Å². The second kappa shape index (κ2) is 16.7. The van der Waals surface area contributed by atoms with Gasteiger partial charge in [0.2, 0.25) is 18.1 Å². The number of rotatable bonds is 14. The first-order valence-electron chi connectivity index (χ1n) is 15.0. The van der Waals surface area contributed by atoms with E-state index >= 15 is 0 Å². The summed E-state index contributed by atoms with van der Waals surface area (Å²) in [4.78, 5) is 44.1. The van der Waals surface area contributed by atoms with Crippen molar-refractivity contribution in [2.24, 2.45) is 17.9 Å². The highest BCUT2D eigenvalue weighted by molar-refractivity contribution is 7.84. The number of benzene rings is 1. The number of carbonyl (C=O) groups is 3. The maximum atomic E-state index is 13.2. The van der Waals surface area contributed by atoms with Crippen molar-refractivity contribution in [2.75, 3.05) is 18.9 Å². The summed E-state index contributed by atoms with van der Waals surface area (Å²) in [6, 6.07) is 5.06. The normalized spacial score (nSPS) is 16.6. The largest absolute Gasteiger partial charge is 0.542 e. The quantitative estimate of drug-likeness (QED) is 0.0311. The van der Waals surface area contributed by atoms with E-state index in [2.05, 4.69) is 40.8 Å². The number of nitrogens with one attached hydrogen (secondary N) is 2. The van der Waals surface area contributed by atoms with Crippen LogP contribution >= 0.6 is 11.3 Å². The Balaban J connectivity index is 0.000000815. The van der Waals surface area contributed by atoms with Crippen molar-refractivity contribution < 1.29 is 59.9 Å². The molecule has 4 aromatic rings. The van der Waals surface area contributed by atoms with E-state index in [0.29, 0.717) is 12.3 Å². The molecule has 1 fully saturated rings. The monoisotopic (exact) mass is 788 g/mol. The topological polar surface area (TPSA) is 303 Å². The van der Waals surface area contributed by atoms with E-state index in [1.807, 2.05) is 36.3 Å². The third-order valence-electron chi connectivity index (χ3n) is 7.20. The Labute approximate surface area is 301 Å². The molecule has 26 heteroatoms. The lowest BCUT2D eigenvalue weighted by molar-refractivity contribution is -0.753. The first-order chi connectivity index (χ1) is 24.9. The van der Waals surface area contributed by atoms with Gasteiger partial charge in [0, 0.05) is 5.38 Å². The van der Waals surface area contributed by atoms with Gasteiger partial charge in [-0.1, -0.05) is 22.5 Å². The van der Waals surface area contributed by atoms with Crippen LogP contribution in [-0.4, -0.2) is 102 Å². The number of aliphatic carboxylic acids is 1. The Morgan fingerprint density at radius 3 is 2.47 bits per heavy atom. The second-order valence-electron chi connectivity index (χ2n) is 10.9. The fourth-order valence-electron chi connectivity index (χ4n) is 4.59. The first kappa shape index (κ1) is 40.0. The molecule has 0 saturated carbocycles. The SMILES string of the molecule is C[C@H]1[C@H](NC(=O)/C(=N\OC(COc2ccc(-c3cn(CCCN)[n+](C)c3)cc2)c2nn[nH]n2)c2csc(N)n2)C(=O)N1S(=O)(=O)O.O=C([O-])C(F)(F)F. The summed E-state index contributed by atoms with van der Waals surface area (Å²) in [5.41, 5.74) is 13.0. The molecule has 53 heavy (non-hydrogen) atoms. The van der Waals surface area contributed by atoms with Gasteiger partial charge in [0.15, 0.2) is 17.9 Å². The van der Waals surface area contributed by atoms with Crippen LogP contribution in [0.2, 0.25) is 0 Å². The summed E-state index contributed by atoms with van der Waals surface area (Å²) >= 11 is 1.03. The Morgan fingerprint density at radius 2 is 1.94 bits per heavy atom. The van der Waals surface area contributed by atoms with Crippen molar-refractivity contribution in [3.8, 4) is 16.9 Å². The summed E-state index contributed by atoms with van der Waals surface area (Å²) in [5.74, 6) is -4.38. The molecule has 1 aliphatic heterocycles. The van der Waals surface area contributed by atoms with Crippen LogP contribution < -0.4 is 31.3 Å². The van der Waals surface area contributed by atoms with Gasteiger partial charge in [-0.15, -0.1) is 26.2 Å². The van der Waals surface area contributed by atoms with Gasteiger partial charge in [0.05, 0.1) is 24.3 Å². The van der Waals surface area contributed by atoms with E-state index in [4.69, 9.17) is 30.9 Å². The zero-order valence-corrected chi connectivity index (χ0v) is 29.1. The number of aromatic amines is 1. The van der Waals surface area contributed by atoms with Crippen molar-refractivity contribution in [1.82, 2.24) is 39.9 Å². The Hall–Kier alpha value is -5.73. The molecule has 1 unspecified atom stereocenters. The number of hydrogen-bond donors (Lipinski definition) is 5. The maximum absolute atomic E-state index is 13.2. The van der Waals surface area contributed by atoms with Crippen LogP contribution in [0.15, 0.2) is 47.2 Å². The summed E-state index contributed by atoms with van der Waals surface area (Å²) < 4.78 is 73.9. The van der Waals surface area contributed by atoms with Gasteiger partial charge >= 0.3 is 16.5 Å². The summed E-state index contributed by atoms with van der Waals surface area (Å²) in [6.45, 7) is 2.59. The smallest absolute Gasteiger partial charge is 0.430 e. The van der Waals surface area contributed by atoms with E-state index < -0.39 is 52.5 Å². The Bertz CT molecular complexity index is 2040. The molecule has 1 saturated heterocycles. The van der Waals surface area contributed by atoms with Crippen LogP contribution in [0, 0.1) is 0 Å². The molecule has 7 N–H and O–H groups in total. The number of halogens is 3. The molecule has 0 bridgehead atoms. The van der Waals surface area contributed by atoms with Gasteiger partial charge in [-0.25, -0.2) is 9.29 Å². The predicted molar refractivity (Wildman–Crippen MR) is 172 cm³/mol. The van der Waals surface area contributed by atoms with Gasteiger partial charge in [-0.2, -0.15) is 31.5 Å². The highest BCUT2D eigenvalue weighted by Crippen LogP contribution is 2.25. The minimum absolute atomic E-state index is 0.0275. The molecule has 286 valence electrons. The van der Waals surface area contributed by atoms with Gasteiger partial charge in [0.25, 0.3) is 11.8 Å². The number of oxime groups is 1. The Morgan fingerprint density at radius 1 is 1.26 bits per heavy atom. The highest BCUT2D eigenvalue weighted by Gasteiger charge is 2.51. The predicted octanol–water partition coefficient (Wildman–Crippen LogP) is -1.76. The molecule has 0 spiro atoms. The number of nitrogen functional groups attached to an aromatic ring is 1. The minimum atomic E-state index is -5.19. The van der Waals surface area contributed by atoms with E-state index in [0.717, 1.165) is 35.4 Å². The molecule has 3 atom stereocenters. The number of alkyl halides is 3. The number of ether oxygens (including phenoxy) is 1. The number of H-pyrrole nitrogens is 1. The summed E-state index contributed by atoms with van der Waals surface area (Å²) in [5, 5.41) is 30.5. The minimum Gasteiger partial charge on any atom is -0.542 e. The van der Waals surface area contributed by atoms with Crippen molar-refractivity contribution in [3.05, 3.63) is 53.6 Å². The van der Waals surface area contributed by atoms with Gasteiger partial charge in [0.1, 0.15) is 30.1 Å². The van der Waals surface area contributed by atoms with Gasteiger partial charge in [-0.3, -0.25) is 14.1 Å². The standard InChI is InChI=1S/C25H30N12O7S2.C2HF3O2/c1-14-20(24(39)37(14)46(40,41)42)29-23(38)21(18-13-45-25(27)28-18)32-44-19(22-30-33-34-31-22)12-43-17-6-4-15(5-7-17)16-10-35(2)36(11-16)9-3-8-26;3-2(4,5)1(6)7/h4-7,10-11,13-14,19-20H,3,8-9,12,26H2,1-2H3,(H4-,27,28,29,30,31,33,34,38,40,41,42);(H,6,7)/b32-21-;/t14-,19?,20-;/m0./s1. The van der Waals surface area contributed by atoms with Crippen LogP contribution in [0.1, 0.15) is 31.0 Å². The zero-order chi connectivity index (χ0) is 39.1. The number of amides is 2. The molecule has 21 nitrogen and oxygen atoms in total. The number of anilines is 1. The number of nitrogens with zero attached hydrogens (tertiary/aromatic N) is 8. The van der Waals surface area contributed by atoms with Gasteiger partial charge in [-0.05, 0) is 37.6 Å². The number of β-lactam (4-membered cyclic amide) rings is 1. The number of tetrazole rings is 1. The number of nitrogens with two attached hydrogens (primary N) is 2. The molecular formula is C27H31F3N12O9S2. The third kappa shape index (κ3) is 10.2. The lowest BCUT2D eigenvalue weighted by Crippen LogP contribution is -2.71. The van der Waals surface area contributed by atoms with Crippen LogP contribution in [0.5, 0.6) is 5.75 Å². The summed E-state index contributed by atoms with van der Waals surface area (Å²) in [6.07, 6.45) is -1.34. The zero-order valence-electron chi connectivity index (χ0n) is 27.5. The lowest BCUT2D eigenvalue weighted by Gasteiger charge is -2.42. The van der Waals surface area contributed by atoms with Crippen molar-refractivity contribution in [2.45, 2.75) is 44.3 Å². The van der Waals surface area contributed by atoms with E-state index in [1.165, 1.54) is 12.3 Å². The third-order valence-corrected chi connectivity index (χ3v) is 8.89. The highest BCUT2D eigenvalue weighted by atomic mass is 32.2. The number of thiazole rings is 1. The summed E-state index contributed by atoms with van der Waals surface area (Å²) in [7, 11) is -2.83. The van der Waals surface area contributed by atoms with Crippen molar-refractivity contribution in [1.29, 1.82) is 0 Å². The molecule has 1 aromatic carbocycles. The number of carboxylic acids is 1. The average molecular weight is 789 g/mol. The maximum Gasteiger partial charge on any atom is 0.430 e. The van der Waals surface area contributed by atoms with E-state index in [1.54, 1.807) is 12.1 Å². The molecule has 0 aliphatic carbocycles. The van der Waals surface area contributed by atoms with Crippen LogP contribution in [-0.2, 0) is 43.1 Å². The number of carboxylic acid groups (broad SMARTS) is 1. The Kier molecular flexibility index (Phi) is 12.6. The number of aromatic nitrogens is 7. The van der Waals surface area contributed by atoms with Gasteiger partial charge < -0.3 is 36.3 Å². The second-order valence-corrected chi connectivity index (χ2v) is 13.1. The average Bonchev–Trinajstić information content (AvgIpc) is 3.86. The number of hydrogen-bond acceptors (Lipinski definition) is 16. The molecule has 1 aliphatic rings. The van der Waals surface area contributed by atoms with E-state index in [9.17, 15) is 35.7 Å². The molecular weight excluding hydrogens is 758 g/mol. The number of aryl methyl sites for hydroxylation is 2. The first-order valence-corrected chi connectivity index (χ1v) is 17.3. The molecule has 5 rings (SSSR count). The van der Waals surface area contributed by atoms with E-state index in [-0.39, 0.29) is 33.3 Å². The lowest BCUT2D eigenvalue weighted by atomic mass is 10.0. The molecule has 3 aromatic heterocycles. The van der Waals surface area contributed by atoms with Crippen LogP contribution in [0.3, 0.4) is 0 Å². The van der Waals surface area contributed by atoms with Crippen molar-refractivity contribution in [3.63, 3.8) is 0 Å². The molecule has 4 heterocycles. The molecule has 0 radical (unpaired) electrons. The molecule has 2 amide bonds. The van der Waals surface area contributed by atoms with Crippen molar-refractivity contribution >= 4 is 50.3 Å². The van der Waals surface area contributed by atoms with Crippen LogP contribution in [0.25, 0.3) is 11.1 Å². The fraction of sp³-hybridized carbons (Fsp3) is 0.370. The fourth-order valence-corrected chi connectivity index (χ4v) is 6.02.